The number of carboxylic acids is 1. The first-order valence-corrected chi connectivity index (χ1v) is 11.3. The van der Waals surface area contributed by atoms with Gasteiger partial charge in [-0.2, -0.15) is 0 Å². The first-order valence-electron chi connectivity index (χ1n) is 10.5. The number of amides is 2. The van der Waals surface area contributed by atoms with Crippen LogP contribution in [0, 0.1) is 6.92 Å². The van der Waals surface area contributed by atoms with Crippen molar-refractivity contribution < 1.29 is 29.0 Å². The maximum atomic E-state index is 12.5. The highest BCUT2D eigenvalue weighted by molar-refractivity contribution is 7.17. The molecule has 0 unspecified atom stereocenters. The lowest BCUT2D eigenvalue weighted by atomic mass is 9.98. The summed E-state index contributed by atoms with van der Waals surface area (Å²) in [4.78, 5) is 40.6. The molecule has 1 heterocycles. The minimum Gasteiger partial charge on any atom is -0.480 e. The Morgan fingerprint density at radius 2 is 1.71 bits per heavy atom. The zero-order chi connectivity index (χ0) is 24.2. The Hall–Kier alpha value is -3.76. The van der Waals surface area contributed by atoms with Crippen LogP contribution in [0.1, 0.15) is 32.4 Å². The summed E-state index contributed by atoms with van der Waals surface area (Å²) < 4.78 is 10.3. The second-order valence-electron chi connectivity index (χ2n) is 7.70. The van der Waals surface area contributed by atoms with Crippen LogP contribution >= 0.6 is 11.3 Å². The Bertz CT molecular complexity index is 1200. The van der Waals surface area contributed by atoms with Gasteiger partial charge in [0.1, 0.15) is 11.5 Å². The standard InChI is InChI=1S/C24H23N3O6S/c1-13-20(21(28)26-19(12-32-2)22(29)30)34-23(25-13)27-24(31)33-11-18-16-9-5-3-7-14(16)15-8-4-6-10-17(15)18/h3-10,18-19H,11-12H2,1-2H3,(H,26,28)(H,29,30)(H,25,27,31)/t19-/m0/s1. The van der Waals surface area contributed by atoms with E-state index in [0.717, 1.165) is 33.6 Å². The first-order chi connectivity index (χ1) is 16.4. The number of nitrogens with zero attached hydrogens (tertiary/aromatic N) is 1. The van der Waals surface area contributed by atoms with Crippen LogP contribution in [0.2, 0.25) is 0 Å². The van der Waals surface area contributed by atoms with Gasteiger partial charge in [0.25, 0.3) is 5.91 Å². The van der Waals surface area contributed by atoms with E-state index in [2.05, 4.69) is 27.8 Å². The average molecular weight is 482 g/mol. The molecule has 0 saturated heterocycles. The molecule has 1 aliphatic carbocycles. The van der Waals surface area contributed by atoms with Crippen LogP contribution < -0.4 is 10.6 Å². The third-order valence-corrected chi connectivity index (χ3v) is 6.56. The van der Waals surface area contributed by atoms with Crippen LogP contribution in [-0.2, 0) is 14.3 Å². The quantitative estimate of drug-likeness (QED) is 0.448. The van der Waals surface area contributed by atoms with Gasteiger partial charge >= 0.3 is 12.1 Å². The predicted molar refractivity (Wildman–Crippen MR) is 126 cm³/mol. The SMILES string of the molecule is COC[C@H](NC(=O)c1sc(NC(=O)OCC2c3ccccc3-c3ccccc32)nc1C)C(=O)O. The summed E-state index contributed by atoms with van der Waals surface area (Å²) in [5.74, 6) is -1.90. The summed E-state index contributed by atoms with van der Waals surface area (Å²) >= 11 is 0.934. The highest BCUT2D eigenvalue weighted by Gasteiger charge is 2.29. The lowest BCUT2D eigenvalue weighted by Crippen LogP contribution is -2.43. The molecule has 0 aliphatic heterocycles. The number of aromatic nitrogens is 1. The highest BCUT2D eigenvalue weighted by Crippen LogP contribution is 2.44. The molecule has 2 amide bonds. The van der Waals surface area contributed by atoms with Crippen molar-refractivity contribution in [1.82, 2.24) is 10.3 Å². The molecule has 34 heavy (non-hydrogen) atoms. The molecular weight excluding hydrogens is 458 g/mol. The molecule has 0 bridgehead atoms. The fourth-order valence-corrected chi connectivity index (χ4v) is 4.80. The topological polar surface area (TPSA) is 127 Å². The molecule has 9 nitrogen and oxygen atoms in total. The summed E-state index contributed by atoms with van der Waals surface area (Å²) in [6.07, 6.45) is -0.689. The normalized spacial score (nSPS) is 13.0. The third kappa shape index (κ3) is 4.78. The van der Waals surface area contributed by atoms with Crippen molar-refractivity contribution in [3.63, 3.8) is 0 Å². The number of carboxylic acid groups (broad SMARTS) is 1. The smallest absolute Gasteiger partial charge is 0.413 e. The zero-order valence-corrected chi connectivity index (χ0v) is 19.3. The van der Waals surface area contributed by atoms with E-state index in [1.54, 1.807) is 6.92 Å². The number of nitrogens with one attached hydrogen (secondary N) is 2. The van der Waals surface area contributed by atoms with Gasteiger partial charge in [-0.1, -0.05) is 59.9 Å². The van der Waals surface area contributed by atoms with Crippen LogP contribution in [0.25, 0.3) is 11.1 Å². The fraction of sp³-hybridized carbons (Fsp3) is 0.250. The van der Waals surface area contributed by atoms with Gasteiger partial charge in [0, 0.05) is 13.0 Å². The van der Waals surface area contributed by atoms with Crippen molar-refractivity contribution in [3.05, 3.63) is 70.2 Å². The summed E-state index contributed by atoms with van der Waals surface area (Å²) in [7, 11) is 1.34. The number of aliphatic carboxylic acids is 1. The zero-order valence-electron chi connectivity index (χ0n) is 18.5. The maximum absolute atomic E-state index is 12.5. The van der Waals surface area contributed by atoms with Crippen LogP contribution in [0.4, 0.5) is 9.93 Å². The van der Waals surface area contributed by atoms with E-state index in [4.69, 9.17) is 9.47 Å². The molecule has 1 aromatic heterocycles. The number of hydrogen-bond acceptors (Lipinski definition) is 7. The highest BCUT2D eigenvalue weighted by atomic mass is 32.1. The average Bonchev–Trinajstić information content (AvgIpc) is 3.34. The maximum Gasteiger partial charge on any atom is 0.413 e. The second kappa shape index (κ2) is 10.0. The van der Waals surface area contributed by atoms with Crippen LogP contribution in [0.3, 0.4) is 0 Å². The molecule has 4 rings (SSSR count). The number of fused-ring (bicyclic) bond motifs is 3. The number of methoxy groups -OCH3 is 1. The molecular formula is C24H23N3O6S. The Kier molecular flexibility index (Phi) is 6.90. The Morgan fingerprint density at radius 1 is 1.09 bits per heavy atom. The molecule has 0 spiro atoms. The van der Waals surface area contributed by atoms with Crippen molar-refractivity contribution in [3.8, 4) is 11.1 Å². The number of carbonyl (C=O) groups excluding carboxylic acids is 2. The summed E-state index contributed by atoms with van der Waals surface area (Å²) in [6.45, 7) is 1.57. The molecule has 2 aromatic carbocycles. The number of anilines is 1. The minimum atomic E-state index is -1.21. The minimum absolute atomic E-state index is 0.0775. The van der Waals surface area contributed by atoms with Crippen LogP contribution in [0.5, 0.6) is 0 Å². The molecule has 1 aliphatic rings. The molecule has 1 atom stereocenters. The third-order valence-electron chi connectivity index (χ3n) is 5.49. The lowest BCUT2D eigenvalue weighted by Gasteiger charge is -2.14. The second-order valence-corrected chi connectivity index (χ2v) is 8.70. The lowest BCUT2D eigenvalue weighted by molar-refractivity contribution is -0.140. The van der Waals surface area contributed by atoms with E-state index in [-0.39, 0.29) is 29.1 Å². The van der Waals surface area contributed by atoms with Crippen molar-refractivity contribution in [2.75, 3.05) is 25.6 Å². The van der Waals surface area contributed by atoms with Gasteiger partial charge in [0.15, 0.2) is 11.2 Å². The number of thiazole rings is 1. The van der Waals surface area contributed by atoms with E-state index in [1.807, 2.05) is 36.4 Å². The Balaban J connectivity index is 1.40. The van der Waals surface area contributed by atoms with Crippen LogP contribution in [-0.4, -0.2) is 54.4 Å². The summed E-state index contributed by atoms with van der Waals surface area (Å²) in [6, 6.07) is 14.9. The van der Waals surface area contributed by atoms with Gasteiger partial charge in [0.05, 0.1) is 12.3 Å². The van der Waals surface area contributed by atoms with E-state index in [1.165, 1.54) is 7.11 Å². The predicted octanol–water partition coefficient (Wildman–Crippen LogP) is 3.64. The number of benzene rings is 2. The van der Waals surface area contributed by atoms with Crippen molar-refractivity contribution in [1.29, 1.82) is 0 Å². The van der Waals surface area contributed by atoms with Gasteiger partial charge in [0.2, 0.25) is 0 Å². The van der Waals surface area contributed by atoms with Gasteiger partial charge in [-0.15, -0.1) is 0 Å². The molecule has 176 valence electrons. The van der Waals surface area contributed by atoms with Gasteiger partial charge in [-0.3, -0.25) is 10.1 Å². The molecule has 0 fully saturated rings. The Labute approximate surface area is 199 Å². The van der Waals surface area contributed by atoms with Gasteiger partial charge < -0.3 is 19.9 Å². The largest absolute Gasteiger partial charge is 0.480 e. The molecule has 0 saturated carbocycles. The summed E-state index contributed by atoms with van der Waals surface area (Å²) in [5.41, 5.74) is 4.82. The van der Waals surface area contributed by atoms with Gasteiger partial charge in [-0.05, 0) is 29.2 Å². The number of rotatable bonds is 8. The van der Waals surface area contributed by atoms with E-state index >= 15 is 0 Å². The Morgan fingerprint density at radius 3 is 2.29 bits per heavy atom. The van der Waals surface area contributed by atoms with Crippen molar-refractivity contribution in [2.24, 2.45) is 0 Å². The van der Waals surface area contributed by atoms with E-state index in [9.17, 15) is 19.5 Å². The number of hydrogen-bond donors (Lipinski definition) is 3. The van der Waals surface area contributed by atoms with E-state index in [0.29, 0.717) is 5.69 Å². The van der Waals surface area contributed by atoms with Crippen molar-refractivity contribution >= 4 is 34.4 Å². The number of carbonyl (C=O) groups is 3. The molecule has 3 N–H and O–H groups in total. The first kappa shape index (κ1) is 23.4. The summed E-state index contributed by atoms with van der Waals surface area (Å²) in [5, 5.41) is 14.3. The van der Waals surface area contributed by atoms with Gasteiger partial charge in [-0.25, -0.2) is 14.6 Å². The van der Waals surface area contributed by atoms with E-state index < -0.39 is 24.0 Å². The molecule has 3 aromatic rings. The van der Waals surface area contributed by atoms with Crippen LogP contribution in [0.15, 0.2) is 48.5 Å². The molecule has 0 radical (unpaired) electrons. The van der Waals surface area contributed by atoms with Crippen molar-refractivity contribution in [2.45, 2.75) is 18.9 Å². The number of ether oxygens (including phenoxy) is 2. The fourth-order valence-electron chi connectivity index (χ4n) is 3.95. The molecule has 10 heteroatoms. The monoisotopic (exact) mass is 481 g/mol. The number of aryl methyl sites for hydroxylation is 1.